The van der Waals surface area contributed by atoms with Crippen molar-refractivity contribution in [3.8, 4) is 0 Å². The Bertz CT molecular complexity index is 627. The van der Waals surface area contributed by atoms with Crippen LogP contribution in [-0.2, 0) is 14.3 Å². The van der Waals surface area contributed by atoms with Gasteiger partial charge >= 0.3 is 0 Å². The van der Waals surface area contributed by atoms with Crippen molar-refractivity contribution in [1.29, 1.82) is 0 Å². The van der Waals surface area contributed by atoms with Crippen molar-refractivity contribution in [2.45, 2.75) is 90.4 Å². The van der Waals surface area contributed by atoms with Crippen LogP contribution in [0.25, 0.3) is 0 Å². The Morgan fingerprint density at radius 2 is 1.80 bits per heavy atom. The summed E-state index contributed by atoms with van der Waals surface area (Å²) in [5, 5.41) is 0. The maximum atomic E-state index is 13.1. The zero-order valence-corrected chi connectivity index (χ0v) is 16.6. The highest BCUT2D eigenvalue weighted by Crippen LogP contribution is 2.74. The molecule has 0 N–H and O–H groups in total. The first-order chi connectivity index (χ1) is 11.7. The van der Waals surface area contributed by atoms with E-state index in [0.717, 1.165) is 25.2 Å². The lowest BCUT2D eigenvalue weighted by atomic mass is 9.45. The monoisotopic (exact) mass is 346 g/mol. The molecular weight excluding hydrogens is 312 g/mol. The van der Waals surface area contributed by atoms with Crippen LogP contribution in [0.4, 0.5) is 0 Å². The topological polar surface area (TPSA) is 38.8 Å². The first-order valence-corrected chi connectivity index (χ1v) is 10.4. The number of carbonyl (C=O) groups is 1. The third kappa shape index (κ3) is 1.83. The first-order valence-electron chi connectivity index (χ1n) is 10.4. The Kier molecular flexibility index (Phi) is 3.15. The summed E-state index contributed by atoms with van der Waals surface area (Å²) in [6.07, 6.45) is 8.83. The fourth-order valence-corrected chi connectivity index (χ4v) is 8.24. The molecule has 5 aliphatic rings. The Balaban J connectivity index is 1.50. The van der Waals surface area contributed by atoms with Gasteiger partial charge in [-0.3, -0.25) is 4.79 Å². The number of fused-ring (bicyclic) bond motifs is 4. The minimum absolute atomic E-state index is 0.0823. The van der Waals surface area contributed by atoms with E-state index in [1.54, 1.807) is 0 Å². The summed E-state index contributed by atoms with van der Waals surface area (Å²) < 4.78 is 12.2. The van der Waals surface area contributed by atoms with Crippen LogP contribution in [0.15, 0.2) is 0 Å². The molecule has 25 heavy (non-hydrogen) atoms. The Hall–Kier alpha value is -0.410. The van der Waals surface area contributed by atoms with Crippen LogP contribution >= 0.6 is 0 Å². The normalized spacial score (nSPS) is 58.8. The van der Waals surface area contributed by atoms with Gasteiger partial charge in [-0.1, -0.05) is 27.7 Å². The lowest BCUT2D eigenvalue weighted by molar-refractivity contribution is -0.141. The summed E-state index contributed by atoms with van der Waals surface area (Å²) in [4.78, 5) is 13.1. The Labute approximate surface area is 152 Å². The standard InChI is InChI=1S/C22H34O3/c1-19(2)12-16-14-10-17-22(25-17)11-13(24-5)6-9-21(22,4)15(14)7-8-20(16,3)18(19)23/h13-17H,6-12H2,1-5H3/t13-,14?,15?,16?,17-,20-,21+,22-/m0/s1. The van der Waals surface area contributed by atoms with Gasteiger partial charge < -0.3 is 9.47 Å². The second-order valence-electron chi connectivity index (χ2n) is 11.0. The van der Waals surface area contributed by atoms with E-state index in [9.17, 15) is 4.79 Å². The van der Waals surface area contributed by atoms with Crippen molar-refractivity contribution in [2.75, 3.05) is 7.11 Å². The number of hydrogen-bond donors (Lipinski definition) is 0. The van der Waals surface area contributed by atoms with Crippen LogP contribution in [0.1, 0.15) is 72.6 Å². The van der Waals surface area contributed by atoms with Crippen molar-refractivity contribution in [3.05, 3.63) is 0 Å². The Morgan fingerprint density at radius 3 is 2.52 bits per heavy atom. The van der Waals surface area contributed by atoms with Gasteiger partial charge in [0.2, 0.25) is 0 Å². The van der Waals surface area contributed by atoms with Gasteiger partial charge in [-0.15, -0.1) is 0 Å². The molecule has 1 spiro atoms. The minimum Gasteiger partial charge on any atom is -0.381 e. The van der Waals surface area contributed by atoms with Crippen molar-refractivity contribution >= 4 is 5.78 Å². The van der Waals surface area contributed by atoms with Gasteiger partial charge in [0.25, 0.3) is 0 Å². The summed E-state index contributed by atoms with van der Waals surface area (Å²) in [6.45, 7) is 9.16. The SMILES string of the molecule is CO[C@H]1CC[C@]2(C)C3CC[C@]4(C)C(=O)C(C)(C)CC4C3C[C@@H]3O[C@@]32C1. The summed E-state index contributed by atoms with van der Waals surface area (Å²) in [6, 6.07) is 0. The molecule has 4 saturated carbocycles. The molecule has 1 saturated heterocycles. The molecule has 0 aromatic rings. The third-order valence-electron chi connectivity index (χ3n) is 9.63. The molecule has 3 unspecified atom stereocenters. The molecule has 4 aliphatic carbocycles. The molecule has 3 nitrogen and oxygen atoms in total. The van der Waals surface area contributed by atoms with Crippen LogP contribution in [-0.4, -0.2) is 30.7 Å². The Morgan fingerprint density at radius 1 is 1.04 bits per heavy atom. The molecule has 5 rings (SSSR count). The zero-order chi connectivity index (χ0) is 17.8. The average molecular weight is 347 g/mol. The second-order valence-corrected chi connectivity index (χ2v) is 11.0. The summed E-state index contributed by atoms with van der Waals surface area (Å²) >= 11 is 0. The molecule has 1 heterocycles. The summed E-state index contributed by atoms with van der Waals surface area (Å²) in [5.74, 6) is 2.50. The van der Waals surface area contributed by atoms with Crippen LogP contribution in [0, 0.1) is 34.0 Å². The highest BCUT2D eigenvalue weighted by Gasteiger charge is 2.76. The molecule has 0 bridgehead atoms. The van der Waals surface area contributed by atoms with Gasteiger partial charge in [-0.2, -0.15) is 0 Å². The molecule has 0 radical (unpaired) electrons. The fraction of sp³-hybridized carbons (Fsp3) is 0.955. The van der Waals surface area contributed by atoms with Gasteiger partial charge in [-0.25, -0.2) is 0 Å². The van der Waals surface area contributed by atoms with E-state index in [0.29, 0.717) is 29.8 Å². The smallest absolute Gasteiger partial charge is 0.144 e. The highest BCUT2D eigenvalue weighted by atomic mass is 16.6. The lowest BCUT2D eigenvalue weighted by Crippen LogP contribution is -2.58. The molecule has 0 amide bonds. The first kappa shape index (κ1) is 16.7. The quantitative estimate of drug-likeness (QED) is 0.661. The summed E-state index contributed by atoms with van der Waals surface area (Å²) in [7, 11) is 1.85. The molecule has 0 aromatic carbocycles. The van der Waals surface area contributed by atoms with Gasteiger partial charge in [0, 0.05) is 29.8 Å². The van der Waals surface area contributed by atoms with Gasteiger partial charge in [-0.05, 0) is 56.3 Å². The number of carbonyl (C=O) groups excluding carboxylic acids is 1. The third-order valence-corrected chi connectivity index (χ3v) is 9.63. The number of hydrogen-bond acceptors (Lipinski definition) is 3. The van der Waals surface area contributed by atoms with E-state index in [2.05, 4.69) is 27.7 Å². The molecular formula is C22H34O3. The summed E-state index contributed by atoms with van der Waals surface area (Å²) in [5.41, 5.74) is 0.146. The molecule has 1 aliphatic heterocycles. The van der Waals surface area contributed by atoms with Crippen LogP contribution in [0.2, 0.25) is 0 Å². The van der Waals surface area contributed by atoms with Crippen LogP contribution < -0.4 is 0 Å². The molecule has 0 aromatic heterocycles. The van der Waals surface area contributed by atoms with Gasteiger partial charge in [0.15, 0.2) is 0 Å². The minimum atomic E-state index is -0.137. The predicted molar refractivity (Wildman–Crippen MR) is 96.2 cm³/mol. The number of ketones is 1. The number of epoxide rings is 1. The number of rotatable bonds is 1. The maximum absolute atomic E-state index is 13.1. The van der Waals surface area contributed by atoms with Gasteiger partial charge in [0.05, 0.1) is 12.2 Å². The fourth-order valence-electron chi connectivity index (χ4n) is 8.24. The highest BCUT2D eigenvalue weighted by molar-refractivity contribution is 5.92. The predicted octanol–water partition coefficient (Wildman–Crippen LogP) is 4.38. The van der Waals surface area contributed by atoms with Crippen molar-refractivity contribution in [1.82, 2.24) is 0 Å². The van der Waals surface area contributed by atoms with E-state index in [1.807, 2.05) is 7.11 Å². The molecule has 8 atom stereocenters. The lowest BCUT2D eigenvalue weighted by Gasteiger charge is -2.58. The van der Waals surface area contributed by atoms with E-state index < -0.39 is 0 Å². The number of ether oxygens (including phenoxy) is 2. The van der Waals surface area contributed by atoms with Crippen molar-refractivity contribution in [2.24, 2.45) is 34.0 Å². The number of methoxy groups -OCH3 is 1. The van der Waals surface area contributed by atoms with E-state index in [4.69, 9.17) is 9.47 Å². The average Bonchev–Trinajstić information content (AvgIpc) is 3.23. The molecule has 3 heteroatoms. The van der Waals surface area contributed by atoms with Crippen LogP contribution in [0.3, 0.4) is 0 Å². The molecule has 140 valence electrons. The number of Topliss-reactive ketones (excluding diaryl/α,β-unsaturated/α-hetero) is 1. The largest absolute Gasteiger partial charge is 0.381 e. The van der Waals surface area contributed by atoms with E-state index in [-0.39, 0.29) is 21.8 Å². The van der Waals surface area contributed by atoms with Gasteiger partial charge in [0.1, 0.15) is 11.4 Å². The molecule has 5 fully saturated rings. The zero-order valence-electron chi connectivity index (χ0n) is 16.6. The van der Waals surface area contributed by atoms with E-state index >= 15 is 0 Å². The second kappa shape index (κ2) is 4.70. The van der Waals surface area contributed by atoms with Crippen molar-refractivity contribution in [3.63, 3.8) is 0 Å². The van der Waals surface area contributed by atoms with E-state index in [1.165, 1.54) is 25.7 Å². The van der Waals surface area contributed by atoms with Crippen molar-refractivity contribution < 1.29 is 14.3 Å². The maximum Gasteiger partial charge on any atom is 0.144 e. The van der Waals surface area contributed by atoms with Crippen LogP contribution in [0.5, 0.6) is 0 Å².